The van der Waals surface area contributed by atoms with Gasteiger partial charge in [0.15, 0.2) is 11.4 Å². The molecule has 9 heteroatoms. The molecule has 0 aliphatic rings. The molecular formula is C14H12N6O3. The number of primary amides is 1. The standard InChI is InChI=1S/C14H12N6O3/c1-20-6-9(11(19-20)12(15)21)17-13(22)10-7-23-14(18-10)8-2-4-16-5-3-8/h2-7H,1H3,(H2,15,21)(H,17,22). The first-order valence-electron chi connectivity index (χ1n) is 6.55. The lowest BCUT2D eigenvalue weighted by Gasteiger charge is -2.00. The first-order chi connectivity index (χ1) is 11.0. The molecule has 9 nitrogen and oxygen atoms in total. The van der Waals surface area contributed by atoms with E-state index in [1.54, 1.807) is 31.6 Å². The maximum atomic E-state index is 12.2. The first-order valence-corrected chi connectivity index (χ1v) is 6.55. The largest absolute Gasteiger partial charge is 0.444 e. The molecule has 0 spiro atoms. The Balaban J connectivity index is 1.82. The zero-order chi connectivity index (χ0) is 16.4. The molecule has 0 atom stereocenters. The minimum atomic E-state index is -0.737. The molecule has 0 aliphatic carbocycles. The number of pyridine rings is 1. The fourth-order valence-corrected chi connectivity index (χ4v) is 1.95. The summed E-state index contributed by atoms with van der Waals surface area (Å²) in [7, 11) is 1.61. The molecule has 3 heterocycles. The summed E-state index contributed by atoms with van der Waals surface area (Å²) in [6.45, 7) is 0. The number of hydrogen-bond acceptors (Lipinski definition) is 6. The van der Waals surface area contributed by atoms with Crippen LogP contribution in [0.3, 0.4) is 0 Å². The van der Waals surface area contributed by atoms with Gasteiger partial charge in [-0.15, -0.1) is 0 Å². The number of aryl methyl sites for hydroxylation is 1. The molecule has 0 bridgehead atoms. The van der Waals surface area contributed by atoms with Crippen LogP contribution in [0.1, 0.15) is 21.0 Å². The van der Waals surface area contributed by atoms with Crippen LogP contribution in [0.4, 0.5) is 5.69 Å². The van der Waals surface area contributed by atoms with Gasteiger partial charge < -0.3 is 15.5 Å². The van der Waals surface area contributed by atoms with Crippen molar-refractivity contribution in [2.75, 3.05) is 5.32 Å². The molecule has 3 rings (SSSR count). The lowest BCUT2D eigenvalue weighted by Crippen LogP contribution is -2.18. The lowest BCUT2D eigenvalue weighted by molar-refractivity contribution is 0.0995. The van der Waals surface area contributed by atoms with E-state index in [1.807, 2.05) is 0 Å². The van der Waals surface area contributed by atoms with Crippen molar-refractivity contribution in [2.45, 2.75) is 0 Å². The van der Waals surface area contributed by atoms with Gasteiger partial charge in [-0.2, -0.15) is 5.10 Å². The van der Waals surface area contributed by atoms with Crippen LogP contribution in [0.25, 0.3) is 11.5 Å². The summed E-state index contributed by atoms with van der Waals surface area (Å²) in [6.07, 6.45) is 5.88. The summed E-state index contributed by atoms with van der Waals surface area (Å²) in [5, 5.41) is 6.42. The third-order valence-corrected chi connectivity index (χ3v) is 2.97. The average Bonchev–Trinajstić information content (AvgIpc) is 3.15. The van der Waals surface area contributed by atoms with E-state index in [1.165, 1.54) is 17.1 Å². The molecule has 0 unspecified atom stereocenters. The van der Waals surface area contributed by atoms with E-state index < -0.39 is 11.8 Å². The third-order valence-electron chi connectivity index (χ3n) is 2.97. The molecule has 0 radical (unpaired) electrons. The van der Waals surface area contributed by atoms with Crippen molar-refractivity contribution in [1.29, 1.82) is 0 Å². The van der Waals surface area contributed by atoms with Gasteiger partial charge in [0.2, 0.25) is 5.89 Å². The summed E-state index contributed by atoms with van der Waals surface area (Å²) >= 11 is 0. The number of nitrogens with one attached hydrogen (secondary N) is 1. The number of rotatable bonds is 4. The van der Waals surface area contributed by atoms with Crippen molar-refractivity contribution in [3.8, 4) is 11.5 Å². The second-order valence-electron chi connectivity index (χ2n) is 4.66. The normalized spacial score (nSPS) is 10.5. The van der Waals surface area contributed by atoms with Gasteiger partial charge in [0, 0.05) is 31.2 Å². The maximum Gasteiger partial charge on any atom is 0.277 e. The topological polar surface area (TPSA) is 129 Å². The second kappa shape index (κ2) is 5.72. The van der Waals surface area contributed by atoms with Gasteiger partial charge >= 0.3 is 0 Å². The summed E-state index contributed by atoms with van der Waals surface area (Å²) in [5.74, 6) is -0.984. The fourth-order valence-electron chi connectivity index (χ4n) is 1.95. The summed E-state index contributed by atoms with van der Waals surface area (Å²) in [4.78, 5) is 31.5. The number of carbonyl (C=O) groups is 2. The summed E-state index contributed by atoms with van der Waals surface area (Å²) < 4.78 is 6.66. The molecule has 3 N–H and O–H groups in total. The Kier molecular flexibility index (Phi) is 3.59. The minimum absolute atomic E-state index is 0.0290. The number of hydrogen-bond donors (Lipinski definition) is 2. The van der Waals surface area contributed by atoms with Crippen LogP contribution in [-0.4, -0.2) is 31.6 Å². The van der Waals surface area contributed by atoms with Gasteiger partial charge in [0.25, 0.3) is 11.8 Å². The van der Waals surface area contributed by atoms with Crippen molar-refractivity contribution in [1.82, 2.24) is 19.7 Å². The Morgan fingerprint density at radius 3 is 2.74 bits per heavy atom. The zero-order valence-corrected chi connectivity index (χ0v) is 12.1. The van der Waals surface area contributed by atoms with Crippen molar-refractivity contribution in [2.24, 2.45) is 12.8 Å². The Morgan fingerprint density at radius 1 is 1.30 bits per heavy atom. The van der Waals surface area contributed by atoms with Crippen molar-refractivity contribution in [3.63, 3.8) is 0 Å². The van der Waals surface area contributed by atoms with Crippen molar-refractivity contribution < 1.29 is 14.0 Å². The Hall–Kier alpha value is -3.49. The number of nitrogens with zero attached hydrogens (tertiary/aromatic N) is 4. The van der Waals surface area contributed by atoms with Gasteiger partial charge in [-0.05, 0) is 12.1 Å². The van der Waals surface area contributed by atoms with E-state index in [4.69, 9.17) is 10.2 Å². The zero-order valence-electron chi connectivity index (χ0n) is 12.1. The smallest absolute Gasteiger partial charge is 0.277 e. The van der Waals surface area contributed by atoms with Crippen LogP contribution in [0, 0.1) is 0 Å². The van der Waals surface area contributed by atoms with Crippen LogP contribution in [0.5, 0.6) is 0 Å². The van der Waals surface area contributed by atoms with E-state index in [0.717, 1.165) is 0 Å². The Bertz CT molecular complexity index is 868. The van der Waals surface area contributed by atoms with Crippen LogP contribution in [0.2, 0.25) is 0 Å². The first kappa shape index (κ1) is 14.4. The monoisotopic (exact) mass is 312 g/mol. The van der Waals surface area contributed by atoms with Crippen LogP contribution >= 0.6 is 0 Å². The molecule has 0 saturated carbocycles. The van der Waals surface area contributed by atoms with Gasteiger partial charge in [-0.25, -0.2) is 4.98 Å². The lowest BCUT2D eigenvalue weighted by atomic mass is 10.3. The van der Waals surface area contributed by atoms with E-state index in [-0.39, 0.29) is 17.1 Å². The van der Waals surface area contributed by atoms with Gasteiger partial charge in [-0.3, -0.25) is 19.3 Å². The molecule has 3 aromatic heterocycles. The van der Waals surface area contributed by atoms with Crippen LogP contribution in [-0.2, 0) is 7.05 Å². The van der Waals surface area contributed by atoms with Crippen molar-refractivity contribution >= 4 is 17.5 Å². The fraction of sp³-hybridized carbons (Fsp3) is 0.0714. The molecular weight excluding hydrogens is 300 g/mol. The van der Waals surface area contributed by atoms with E-state index in [2.05, 4.69) is 20.4 Å². The molecule has 23 heavy (non-hydrogen) atoms. The highest BCUT2D eigenvalue weighted by atomic mass is 16.3. The number of aromatic nitrogens is 4. The number of oxazole rings is 1. The molecule has 3 aromatic rings. The Morgan fingerprint density at radius 2 is 2.04 bits per heavy atom. The highest BCUT2D eigenvalue weighted by Gasteiger charge is 2.19. The Labute approximate surface area is 130 Å². The molecule has 0 aliphatic heterocycles. The minimum Gasteiger partial charge on any atom is -0.444 e. The number of nitrogens with two attached hydrogens (primary N) is 1. The highest BCUT2D eigenvalue weighted by Crippen LogP contribution is 2.19. The summed E-state index contributed by atoms with van der Waals surface area (Å²) in [6, 6.07) is 3.42. The quantitative estimate of drug-likeness (QED) is 0.733. The van der Waals surface area contributed by atoms with Crippen LogP contribution < -0.4 is 11.1 Å². The number of carbonyl (C=O) groups excluding carboxylic acids is 2. The SMILES string of the molecule is Cn1cc(NC(=O)c2coc(-c3ccncc3)n2)c(C(N)=O)n1. The maximum absolute atomic E-state index is 12.2. The number of anilines is 1. The molecule has 2 amide bonds. The van der Waals surface area contributed by atoms with Gasteiger partial charge in [-0.1, -0.05) is 0 Å². The van der Waals surface area contributed by atoms with Gasteiger partial charge in [0.05, 0.1) is 5.69 Å². The number of amides is 2. The molecule has 0 saturated heterocycles. The predicted octanol–water partition coefficient (Wildman–Crippen LogP) is 0.821. The second-order valence-corrected chi connectivity index (χ2v) is 4.66. The van der Waals surface area contributed by atoms with Crippen molar-refractivity contribution in [3.05, 3.63) is 48.4 Å². The van der Waals surface area contributed by atoms with E-state index >= 15 is 0 Å². The highest BCUT2D eigenvalue weighted by molar-refractivity contribution is 6.07. The van der Waals surface area contributed by atoms with E-state index in [0.29, 0.717) is 11.5 Å². The predicted molar refractivity (Wildman–Crippen MR) is 79.4 cm³/mol. The van der Waals surface area contributed by atoms with Gasteiger partial charge in [0.1, 0.15) is 6.26 Å². The molecule has 116 valence electrons. The third kappa shape index (κ3) is 2.93. The van der Waals surface area contributed by atoms with E-state index in [9.17, 15) is 9.59 Å². The summed E-state index contributed by atoms with van der Waals surface area (Å²) in [5.41, 5.74) is 6.15. The molecule has 0 fully saturated rings. The molecule has 0 aromatic carbocycles. The average molecular weight is 312 g/mol. The van der Waals surface area contributed by atoms with Crippen LogP contribution in [0.15, 0.2) is 41.4 Å².